The van der Waals surface area contributed by atoms with Crippen LogP contribution in [0.1, 0.15) is 31.2 Å². The molecule has 0 saturated carbocycles. The van der Waals surface area contributed by atoms with E-state index >= 15 is 0 Å². The molecular weight excluding hydrogens is 262 g/mol. The van der Waals surface area contributed by atoms with Crippen LogP contribution in [0.3, 0.4) is 0 Å². The Morgan fingerprint density at radius 3 is 2.62 bits per heavy atom. The fourth-order valence-electron chi connectivity index (χ4n) is 3.33. The fourth-order valence-corrected chi connectivity index (χ4v) is 3.33. The van der Waals surface area contributed by atoms with Crippen molar-refractivity contribution >= 4 is 5.91 Å². The normalized spacial score (nSPS) is 24.1. The molecule has 4 heteroatoms. The summed E-state index contributed by atoms with van der Waals surface area (Å²) in [5.74, 6) is 0.359. The van der Waals surface area contributed by atoms with E-state index < -0.39 is 0 Å². The molecular formula is C17H25N3O. The Hall–Kier alpha value is -1.39. The van der Waals surface area contributed by atoms with E-state index in [4.69, 9.17) is 0 Å². The zero-order chi connectivity index (χ0) is 14.5. The summed E-state index contributed by atoms with van der Waals surface area (Å²) in [6.45, 7) is 4.95. The highest BCUT2D eigenvalue weighted by Crippen LogP contribution is 2.19. The monoisotopic (exact) mass is 287 g/mol. The second-order valence-corrected chi connectivity index (χ2v) is 6.23. The lowest BCUT2D eigenvalue weighted by Crippen LogP contribution is -2.48. The molecule has 0 aromatic heterocycles. The zero-order valence-corrected chi connectivity index (χ0v) is 12.6. The molecule has 2 aliphatic rings. The van der Waals surface area contributed by atoms with Gasteiger partial charge in [0.25, 0.3) is 0 Å². The summed E-state index contributed by atoms with van der Waals surface area (Å²) in [5.41, 5.74) is 4.43. The van der Waals surface area contributed by atoms with Gasteiger partial charge in [0.1, 0.15) is 0 Å². The summed E-state index contributed by atoms with van der Waals surface area (Å²) in [5, 5.41) is 2.08. The predicted molar refractivity (Wildman–Crippen MR) is 83.4 cm³/mol. The number of amides is 1. The molecule has 0 spiro atoms. The molecule has 0 radical (unpaired) electrons. The lowest BCUT2D eigenvalue weighted by molar-refractivity contribution is -0.131. The van der Waals surface area contributed by atoms with Crippen molar-refractivity contribution in [3.63, 3.8) is 0 Å². The molecule has 0 bridgehead atoms. The maximum atomic E-state index is 12.4. The van der Waals surface area contributed by atoms with E-state index in [9.17, 15) is 4.79 Å². The molecule has 114 valence electrons. The molecule has 2 heterocycles. The average Bonchev–Trinajstić information content (AvgIpc) is 3.01. The maximum absolute atomic E-state index is 12.4. The molecule has 1 amide bonds. The van der Waals surface area contributed by atoms with E-state index in [1.54, 1.807) is 0 Å². The number of hydrogen-bond acceptors (Lipinski definition) is 3. The van der Waals surface area contributed by atoms with Gasteiger partial charge in [0.15, 0.2) is 0 Å². The summed E-state index contributed by atoms with van der Waals surface area (Å²) in [6.07, 6.45) is 4.53. The number of piperidine rings is 1. The highest BCUT2D eigenvalue weighted by Gasteiger charge is 2.27. The molecule has 4 nitrogen and oxygen atoms in total. The zero-order valence-electron chi connectivity index (χ0n) is 12.6. The van der Waals surface area contributed by atoms with Crippen LogP contribution in [0, 0.1) is 5.92 Å². The molecule has 1 aromatic carbocycles. The summed E-state index contributed by atoms with van der Waals surface area (Å²) in [7, 11) is 0. The Labute approximate surface area is 127 Å². The summed E-state index contributed by atoms with van der Waals surface area (Å²) in [6, 6.07) is 10.5. The molecule has 3 rings (SSSR count). The molecule has 1 unspecified atom stereocenters. The number of benzene rings is 1. The molecule has 2 saturated heterocycles. The van der Waals surface area contributed by atoms with E-state index in [1.165, 1.54) is 18.4 Å². The second-order valence-electron chi connectivity index (χ2n) is 6.23. The molecule has 2 aliphatic heterocycles. The molecule has 1 aromatic rings. The lowest BCUT2D eigenvalue weighted by Gasteiger charge is -2.32. The van der Waals surface area contributed by atoms with Gasteiger partial charge in [-0.15, -0.1) is 0 Å². The quantitative estimate of drug-likeness (QED) is 0.920. The Balaban J connectivity index is 1.51. The van der Waals surface area contributed by atoms with Crippen LogP contribution >= 0.6 is 0 Å². The minimum atomic E-state index is 0.142. The first-order valence-corrected chi connectivity index (χ1v) is 8.13. The molecule has 1 N–H and O–H groups in total. The van der Waals surface area contributed by atoms with Crippen molar-refractivity contribution in [1.82, 2.24) is 15.3 Å². The first-order chi connectivity index (χ1) is 10.3. The average molecular weight is 287 g/mol. The van der Waals surface area contributed by atoms with Crippen LogP contribution in [0.25, 0.3) is 0 Å². The molecule has 21 heavy (non-hydrogen) atoms. The van der Waals surface area contributed by atoms with Crippen LogP contribution in [-0.4, -0.2) is 42.0 Å². The highest BCUT2D eigenvalue weighted by atomic mass is 16.2. The number of rotatable bonds is 4. The van der Waals surface area contributed by atoms with Crippen LogP contribution in [0.5, 0.6) is 0 Å². The van der Waals surface area contributed by atoms with Crippen molar-refractivity contribution in [2.75, 3.05) is 26.2 Å². The van der Waals surface area contributed by atoms with E-state index in [0.29, 0.717) is 0 Å². The first kappa shape index (κ1) is 14.5. The van der Waals surface area contributed by atoms with Crippen molar-refractivity contribution in [3.8, 4) is 0 Å². The molecule has 1 atom stereocenters. The standard InChI is InChI=1S/C17H25N3O/c21-17(18-20-11-4-5-12-20)16-9-6-10-19(14-16)13-15-7-2-1-3-8-15/h1-3,7-8,16H,4-6,9-14H2,(H,18,21). The number of hydrogen-bond donors (Lipinski definition) is 1. The van der Waals surface area contributed by atoms with Gasteiger partial charge in [0.05, 0.1) is 5.92 Å². The van der Waals surface area contributed by atoms with Gasteiger partial charge in [-0.2, -0.15) is 0 Å². The Kier molecular flexibility index (Phi) is 4.88. The Morgan fingerprint density at radius 1 is 1.10 bits per heavy atom. The maximum Gasteiger partial charge on any atom is 0.238 e. The van der Waals surface area contributed by atoms with Crippen molar-refractivity contribution in [2.45, 2.75) is 32.2 Å². The van der Waals surface area contributed by atoms with Crippen LogP contribution in [-0.2, 0) is 11.3 Å². The van der Waals surface area contributed by atoms with E-state index in [-0.39, 0.29) is 11.8 Å². The van der Waals surface area contributed by atoms with Crippen LogP contribution in [0.4, 0.5) is 0 Å². The van der Waals surface area contributed by atoms with Gasteiger partial charge in [0.2, 0.25) is 5.91 Å². The highest BCUT2D eigenvalue weighted by molar-refractivity contribution is 5.78. The summed E-state index contributed by atoms with van der Waals surface area (Å²) < 4.78 is 0. The first-order valence-electron chi connectivity index (χ1n) is 8.13. The molecule has 2 fully saturated rings. The van der Waals surface area contributed by atoms with E-state index in [0.717, 1.165) is 45.6 Å². The van der Waals surface area contributed by atoms with Gasteiger partial charge in [-0.25, -0.2) is 5.01 Å². The van der Waals surface area contributed by atoms with Crippen molar-refractivity contribution in [1.29, 1.82) is 0 Å². The third kappa shape index (κ3) is 4.05. The van der Waals surface area contributed by atoms with Gasteiger partial charge in [-0.3, -0.25) is 15.1 Å². The Morgan fingerprint density at radius 2 is 1.86 bits per heavy atom. The van der Waals surface area contributed by atoms with Crippen LogP contribution in [0.2, 0.25) is 0 Å². The predicted octanol–water partition coefficient (Wildman–Crippen LogP) is 2.03. The van der Waals surface area contributed by atoms with E-state index in [2.05, 4.69) is 39.6 Å². The minimum Gasteiger partial charge on any atom is -0.298 e. The molecule has 0 aliphatic carbocycles. The largest absolute Gasteiger partial charge is 0.298 e. The van der Waals surface area contributed by atoms with Gasteiger partial charge in [-0.1, -0.05) is 30.3 Å². The van der Waals surface area contributed by atoms with Crippen molar-refractivity contribution in [3.05, 3.63) is 35.9 Å². The van der Waals surface area contributed by atoms with Crippen molar-refractivity contribution < 1.29 is 4.79 Å². The third-order valence-corrected chi connectivity index (χ3v) is 4.50. The summed E-state index contributed by atoms with van der Waals surface area (Å²) in [4.78, 5) is 14.8. The number of carbonyl (C=O) groups is 1. The lowest BCUT2D eigenvalue weighted by atomic mass is 9.97. The van der Waals surface area contributed by atoms with Crippen LogP contribution < -0.4 is 5.43 Å². The van der Waals surface area contributed by atoms with Gasteiger partial charge in [0, 0.05) is 26.2 Å². The van der Waals surface area contributed by atoms with Crippen LogP contribution in [0.15, 0.2) is 30.3 Å². The van der Waals surface area contributed by atoms with Gasteiger partial charge < -0.3 is 0 Å². The van der Waals surface area contributed by atoms with Crippen molar-refractivity contribution in [2.24, 2.45) is 5.92 Å². The summed E-state index contributed by atoms with van der Waals surface area (Å²) >= 11 is 0. The topological polar surface area (TPSA) is 35.6 Å². The smallest absolute Gasteiger partial charge is 0.238 e. The SMILES string of the molecule is O=C(NN1CCCC1)C1CCCN(Cc2ccccc2)C1. The number of carbonyl (C=O) groups excluding carboxylic acids is 1. The number of hydrazine groups is 1. The number of nitrogens with one attached hydrogen (secondary N) is 1. The second kappa shape index (κ2) is 7.05. The number of likely N-dealkylation sites (tertiary alicyclic amines) is 1. The fraction of sp³-hybridized carbons (Fsp3) is 0.588. The minimum absolute atomic E-state index is 0.142. The van der Waals surface area contributed by atoms with E-state index in [1.807, 2.05) is 6.07 Å². The van der Waals surface area contributed by atoms with Gasteiger partial charge in [-0.05, 0) is 37.8 Å². The van der Waals surface area contributed by atoms with Gasteiger partial charge >= 0.3 is 0 Å². The number of nitrogens with zero attached hydrogens (tertiary/aromatic N) is 2. The third-order valence-electron chi connectivity index (χ3n) is 4.50. The Bertz CT molecular complexity index is 456.